The van der Waals surface area contributed by atoms with Crippen LogP contribution in [0.5, 0.6) is 5.75 Å². The smallest absolute Gasteiger partial charge is 0.120 e. The van der Waals surface area contributed by atoms with E-state index in [0.29, 0.717) is 0 Å². The molecule has 1 atom stereocenters. The minimum atomic E-state index is 0.257. The van der Waals surface area contributed by atoms with Crippen LogP contribution in [0, 0.1) is 0 Å². The molecule has 0 aliphatic heterocycles. The van der Waals surface area contributed by atoms with Gasteiger partial charge in [-0.25, -0.2) is 0 Å². The van der Waals surface area contributed by atoms with E-state index < -0.39 is 0 Å². The Morgan fingerprint density at radius 1 is 1.41 bits per heavy atom. The summed E-state index contributed by atoms with van der Waals surface area (Å²) >= 11 is 6.14. The van der Waals surface area contributed by atoms with E-state index in [0.717, 1.165) is 42.3 Å². The molecule has 0 bridgehead atoms. The summed E-state index contributed by atoms with van der Waals surface area (Å²) in [6, 6.07) is 6.04. The lowest BCUT2D eigenvalue weighted by atomic mass is 10.1. The van der Waals surface area contributed by atoms with Crippen LogP contribution in [0.3, 0.4) is 0 Å². The SMILES string of the molecule is COc1ccc(CCNCCC(C)N)c(Cl)c1. The first-order valence-electron chi connectivity index (χ1n) is 5.92. The number of nitrogens with two attached hydrogens (primary N) is 1. The maximum atomic E-state index is 6.14. The number of rotatable bonds is 7. The molecule has 0 aliphatic carbocycles. The largest absolute Gasteiger partial charge is 0.497 e. The van der Waals surface area contributed by atoms with Gasteiger partial charge in [0.1, 0.15) is 5.75 Å². The zero-order chi connectivity index (χ0) is 12.7. The van der Waals surface area contributed by atoms with E-state index in [1.54, 1.807) is 7.11 Å². The summed E-state index contributed by atoms with van der Waals surface area (Å²) in [5.74, 6) is 0.795. The van der Waals surface area contributed by atoms with Gasteiger partial charge in [0, 0.05) is 11.1 Å². The van der Waals surface area contributed by atoms with E-state index >= 15 is 0 Å². The minimum Gasteiger partial charge on any atom is -0.497 e. The molecule has 96 valence electrons. The number of nitrogens with one attached hydrogen (secondary N) is 1. The van der Waals surface area contributed by atoms with Crippen LogP contribution in [0.25, 0.3) is 0 Å². The first-order valence-corrected chi connectivity index (χ1v) is 6.30. The highest BCUT2D eigenvalue weighted by Crippen LogP contribution is 2.22. The Balaban J connectivity index is 2.32. The van der Waals surface area contributed by atoms with Gasteiger partial charge in [0.25, 0.3) is 0 Å². The molecule has 0 spiro atoms. The fraction of sp³-hybridized carbons (Fsp3) is 0.538. The van der Waals surface area contributed by atoms with Crippen molar-refractivity contribution in [3.8, 4) is 5.75 Å². The number of benzene rings is 1. The summed E-state index contributed by atoms with van der Waals surface area (Å²) in [5, 5.41) is 4.11. The van der Waals surface area contributed by atoms with Crippen molar-refractivity contribution in [3.63, 3.8) is 0 Å². The van der Waals surface area contributed by atoms with Crippen molar-refractivity contribution < 1.29 is 4.74 Å². The third-order valence-electron chi connectivity index (χ3n) is 2.61. The van der Waals surface area contributed by atoms with Crippen LogP contribution in [-0.4, -0.2) is 26.2 Å². The van der Waals surface area contributed by atoms with Crippen LogP contribution in [0.1, 0.15) is 18.9 Å². The fourth-order valence-electron chi connectivity index (χ4n) is 1.54. The van der Waals surface area contributed by atoms with Crippen molar-refractivity contribution in [2.75, 3.05) is 20.2 Å². The topological polar surface area (TPSA) is 47.3 Å². The molecular weight excluding hydrogens is 236 g/mol. The normalized spacial score (nSPS) is 12.5. The molecule has 0 saturated carbocycles. The maximum Gasteiger partial charge on any atom is 0.120 e. The Bertz CT molecular complexity index is 342. The molecule has 0 aliphatic rings. The molecule has 3 nitrogen and oxygen atoms in total. The summed E-state index contributed by atoms with van der Waals surface area (Å²) in [5.41, 5.74) is 6.81. The Labute approximate surface area is 108 Å². The number of halogens is 1. The lowest BCUT2D eigenvalue weighted by Gasteiger charge is -2.09. The van der Waals surface area contributed by atoms with Gasteiger partial charge < -0.3 is 15.8 Å². The van der Waals surface area contributed by atoms with Crippen LogP contribution in [0.4, 0.5) is 0 Å². The second-order valence-electron chi connectivity index (χ2n) is 4.22. The quantitative estimate of drug-likeness (QED) is 0.736. The van der Waals surface area contributed by atoms with Crippen LogP contribution in [0.15, 0.2) is 18.2 Å². The number of ether oxygens (including phenoxy) is 1. The van der Waals surface area contributed by atoms with E-state index in [2.05, 4.69) is 5.32 Å². The Morgan fingerprint density at radius 2 is 2.18 bits per heavy atom. The van der Waals surface area contributed by atoms with Gasteiger partial charge in [-0.3, -0.25) is 0 Å². The van der Waals surface area contributed by atoms with Gasteiger partial charge in [-0.1, -0.05) is 17.7 Å². The summed E-state index contributed by atoms with van der Waals surface area (Å²) in [6.45, 7) is 3.88. The van der Waals surface area contributed by atoms with Crippen molar-refractivity contribution in [2.45, 2.75) is 25.8 Å². The summed E-state index contributed by atoms with van der Waals surface area (Å²) < 4.78 is 5.11. The third kappa shape index (κ3) is 5.39. The number of methoxy groups -OCH3 is 1. The molecule has 0 saturated heterocycles. The summed E-state index contributed by atoms with van der Waals surface area (Å²) in [6.07, 6.45) is 1.91. The highest BCUT2D eigenvalue weighted by molar-refractivity contribution is 6.31. The molecule has 1 rings (SSSR count). The van der Waals surface area contributed by atoms with Crippen molar-refractivity contribution in [3.05, 3.63) is 28.8 Å². The summed E-state index contributed by atoms with van der Waals surface area (Å²) in [7, 11) is 1.64. The van der Waals surface area contributed by atoms with Crippen LogP contribution in [-0.2, 0) is 6.42 Å². The predicted molar refractivity (Wildman–Crippen MR) is 72.8 cm³/mol. The molecule has 17 heavy (non-hydrogen) atoms. The lowest BCUT2D eigenvalue weighted by Crippen LogP contribution is -2.25. The average molecular weight is 257 g/mol. The van der Waals surface area contributed by atoms with Crippen LogP contribution >= 0.6 is 11.6 Å². The molecule has 0 amide bonds. The molecule has 0 fully saturated rings. The van der Waals surface area contributed by atoms with Crippen LogP contribution in [0.2, 0.25) is 5.02 Å². The summed E-state index contributed by atoms with van der Waals surface area (Å²) in [4.78, 5) is 0. The minimum absolute atomic E-state index is 0.257. The van der Waals surface area contributed by atoms with Gasteiger partial charge in [0.2, 0.25) is 0 Å². The molecule has 0 aromatic heterocycles. The molecule has 0 heterocycles. The van der Waals surface area contributed by atoms with Gasteiger partial charge >= 0.3 is 0 Å². The van der Waals surface area contributed by atoms with E-state index in [9.17, 15) is 0 Å². The van der Waals surface area contributed by atoms with Crippen molar-refractivity contribution in [1.29, 1.82) is 0 Å². The van der Waals surface area contributed by atoms with Crippen molar-refractivity contribution in [2.24, 2.45) is 5.73 Å². The molecule has 1 aromatic rings. The van der Waals surface area contributed by atoms with Gasteiger partial charge in [-0.05, 0) is 50.6 Å². The monoisotopic (exact) mass is 256 g/mol. The number of hydrogen-bond donors (Lipinski definition) is 2. The van der Waals surface area contributed by atoms with Gasteiger partial charge in [0.05, 0.1) is 7.11 Å². The Hall–Kier alpha value is -0.770. The maximum absolute atomic E-state index is 6.14. The van der Waals surface area contributed by atoms with Crippen LogP contribution < -0.4 is 15.8 Å². The lowest BCUT2D eigenvalue weighted by molar-refractivity contribution is 0.414. The predicted octanol–water partition coefficient (Wildman–Crippen LogP) is 2.22. The highest BCUT2D eigenvalue weighted by atomic mass is 35.5. The first-order chi connectivity index (χ1) is 8.13. The third-order valence-corrected chi connectivity index (χ3v) is 2.96. The zero-order valence-corrected chi connectivity index (χ0v) is 11.3. The van der Waals surface area contributed by atoms with Gasteiger partial charge in [-0.2, -0.15) is 0 Å². The van der Waals surface area contributed by atoms with E-state index in [4.69, 9.17) is 22.1 Å². The first kappa shape index (κ1) is 14.3. The molecule has 1 unspecified atom stereocenters. The molecule has 1 aromatic carbocycles. The standard InChI is InChI=1S/C13H21ClN2O/c1-10(15)5-7-16-8-6-11-3-4-12(17-2)9-13(11)14/h3-4,9-10,16H,5-8,15H2,1-2H3. The van der Waals surface area contributed by atoms with E-state index in [1.807, 2.05) is 25.1 Å². The Morgan fingerprint density at radius 3 is 2.76 bits per heavy atom. The average Bonchev–Trinajstić information content (AvgIpc) is 2.30. The molecule has 0 radical (unpaired) electrons. The molecule has 4 heteroatoms. The van der Waals surface area contributed by atoms with Crippen molar-refractivity contribution in [1.82, 2.24) is 5.32 Å². The second kappa shape index (κ2) is 7.54. The second-order valence-corrected chi connectivity index (χ2v) is 4.63. The highest BCUT2D eigenvalue weighted by Gasteiger charge is 2.02. The molecular formula is C13H21ClN2O. The van der Waals surface area contributed by atoms with Gasteiger partial charge in [-0.15, -0.1) is 0 Å². The zero-order valence-electron chi connectivity index (χ0n) is 10.5. The van der Waals surface area contributed by atoms with E-state index in [-0.39, 0.29) is 6.04 Å². The van der Waals surface area contributed by atoms with Crippen molar-refractivity contribution >= 4 is 11.6 Å². The number of hydrogen-bond acceptors (Lipinski definition) is 3. The van der Waals surface area contributed by atoms with Gasteiger partial charge in [0.15, 0.2) is 0 Å². The molecule has 3 N–H and O–H groups in total. The Kier molecular flexibility index (Phi) is 6.34. The fourth-order valence-corrected chi connectivity index (χ4v) is 1.80. The van der Waals surface area contributed by atoms with E-state index in [1.165, 1.54) is 0 Å².